The Hall–Kier alpha value is -1.40. The molecule has 0 unspecified atom stereocenters. The Morgan fingerprint density at radius 1 is 1.28 bits per heavy atom. The van der Waals surface area contributed by atoms with Crippen LogP contribution in [0.5, 0.6) is 11.5 Å². The minimum absolute atomic E-state index is 0. The van der Waals surface area contributed by atoms with Gasteiger partial charge in [0, 0.05) is 58.9 Å². The lowest BCUT2D eigenvalue weighted by molar-refractivity contribution is -0.0855. The van der Waals surface area contributed by atoms with Crippen molar-refractivity contribution in [2.24, 2.45) is 4.99 Å². The second kappa shape index (κ2) is 13.0. The molecule has 1 aliphatic rings. The minimum atomic E-state index is -2.94. The van der Waals surface area contributed by atoms with Crippen molar-refractivity contribution in [1.29, 1.82) is 0 Å². The first-order chi connectivity index (χ1) is 13.5. The zero-order valence-corrected chi connectivity index (χ0v) is 19.3. The zero-order chi connectivity index (χ0) is 20.4. The molecule has 0 radical (unpaired) electrons. The fourth-order valence-electron chi connectivity index (χ4n) is 3.03. The minimum Gasteiger partial charge on any atom is -0.490 e. The average molecular weight is 529 g/mol. The maximum Gasteiger partial charge on any atom is 0.387 e. The summed E-state index contributed by atoms with van der Waals surface area (Å²) in [6.45, 7) is 1.30. The second-order valence-electron chi connectivity index (χ2n) is 6.33. The number of nitrogens with zero attached hydrogens (tertiary/aromatic N) is 1. The van der Waals surface area contributed by atoms with Crippen molar-refractivity contribution >= 4 is 29.9 Å². The topological polar surface area (TPSA) is 73.3 Å². The summed E-state index contributed by atoms with van der Waals surface area (Å²) in [5, 5.41) is 6.36. The van der Waals surface area contributed by atoms with Gasteiger partial charge in [-0.15, -0.1) is 24.0 Å². The highest BCUT2D eigenvalue weighted by molar-refractivity contribution is 14.0. The molecular formula is C19H30F2IN3O4. The molecule has 0 bridgehead atoms. The van der Waals surface area contributed by atoms with E-state index in [2.05, 4.69) is 15.6 Å². The standard InChI is InChI=1S/C19H29F2N3O4.HI/c1-4-27-15-7-5-6-14(16(15)28-17(20)21)12-23-18(22-2)24-13-19(25-3)8-10-26-11-9-19;/h5-7,17H,4,8-13H2,1-3H3,(H2,22,23,24);1H. The SMILES string of the molecule is CCOc1cccc(CNC(=NC)NCC2(OC)CCOCC2)c1OC(F)F.I. The number of para-hydroxylation sites is 1. The van der Waals surface area contributed by atoms with E-state index < -0.39 is 6.61 Å². The van der Waals surface area contributed by atoms with Gasteiger partial charge in [-0.25, -0.2) is 0 Å². The Balaban J connectivity index is 0.00000420. The molecule has 1 aromatic carbocycles. The Morgan fingerprint density at radius 2 is 2.00 bits per heavy atom. The number of nitrogens with one attached hydrogen (secondary N) is 2. The third kappa shape index (κ3) is 7.74. The first kappa shape index (κ1) is 25.6. The summed E-state index contributed by atoms with van der Waals surface area (Å²) in [5.74, 6) is 0.846. The molecule has 0 aromatic heterocycles. The lowest BCUT2D eigenvalue weighted by atomic mass is 9.94. The molecule has 1 saturated heterocycles. The third-order valence-electron chi connectivity index (χ3n) is 4.65. The number of halogens is 3. The van der Waals surface area contributed by atoms with Crippen LogP contribution in [0, 0.1) is 0 Å². The van der Waals surface area contributed by atoms with Crippen LogP contribution in [0.1, 0.15) is 25.3 Å². The van der Waals surface area contributed by atoms with Gasteiger partial charge in [0.25, 0.3) is 0 Å². The van der Waals surface area contributed by atoms with Crippen LogP contribution in [0.3, 0.4) is 0 Å². The maximum atomic E-state index is 12.8. The van der Waals surface area contributed by atoms with Crippen LogP contribution in [0.2, 0.25) is 0 Å². The van der Waals surface area contributed by atoms with Crippen molar-refractivity contribution in [3.05, 3.63) is 23.8 Å². The average Bonchev–Trinajstić information content (AvgIpc) is 2.70. The van der Waals surface area contributed by atoms with Gasteiger partial charge in [0.2, 0.25) is 0 Å². The molecule has 0 amide bonds. The van der Waals surface area contributed by atoms with E-state index in [0.29, 0.717) is 37.9 Å². The van der Waals surface area contributed by atoms with Crippen LogP contribution in [0.15, 0.2) is 23.2 Å². The van der Waals surface area contributed by atoms with Gasteiger partial charge in [0.05, 0.1) is 12.2 Å². The number of benzene rings is 1. The fraction of sp³-hybridized carbons (Fsp3) is 0.632. The van der Waals surface area contributed by atoms with E-state index in [1.807, 2.05) is 0 Å². The van der Waals surface area contributed by atoms with Gasteiger partial charge in [-0.3, -0.25) is 4.99 Å². The van der Waals surface area contributed by atoms with E-state index in [1.165, 1.54) is 0 Å². The van der Waals surface area contributed by atoms with Gasteiger partial charge >= 0.3 is 6.61 Å². The molecule has 29 heavy (non-hydrogen) atoms. The van der Waals surface area contributed by atoms with E-state index in [1.54, 1.807) is 39.3 Å². The van der Waals surface area contributed by atoms with Crippen LogP contribution >= 0.6 is 24.0 Å². The van der Waals surface area contributed by atoms with Gasteiger partial charge in [-0.1, -0.05) is 12.1 Å². The lowest BCUT2D eigenvalue weighted by Gasteiger charge is -2.36. The molecule has 10 heteroatoms. The molecule has 1 aromatic rings. The number of aliphatic imine (C=N–C) groups is 1. The first-order valence-electron chi connectivity index (χ1n) is 9.30. The molecule has 0 atom stereocenters. The first-order valence-corrected chi connectivity index (χ1v) is 9.30. The summed E-state index contributed by atoms with van der Waals surface area (Å²) in [4.78, 5) is 4.19. The summed E-state index contributed by atoms with van der Waals surface area (Å²) >= 11 is 0. The Morgan fingerprint density at radius 3 is 2.59 bits per heavy atom. The normalized spacial score (nSPS) is 16.1. The third-order valence-corrected chi connectivity index (χ3v) is 4.65. The van der Waals surface area contributed by atoms with E-state index >= 15 is 0 Å². The molecule has 1 fully saturated rings. The highest BCUT2D eigenvalue weighted by Gasteiger charge is 2.32. The summed E-state index contributed by atoms with van der Waals surface area (Å²) in [6.07, 6.45) is 1.58. The molecule has 0 saturated carbocycles. The van der Waals surface area contributed by atoms with E-state index in [4.69, 9.17) is 18.9 Å². The van der Waals surface area contributed by atoms with Crippen molar-refractivity contribution in [2.75, 3.05) is 40.5 Å². The highest BCUT2D eigenvalue weighted by Crippen LogP contribution is 2.32. The van der Waals surface area contributed by atoms with Gasteiger partial charge in [0.15, 0.2) is 17.5 Å². The molecular weight excluding hydrogens is 499 g/mol. The van der Waals surface area contributed by atoms with Gasteiger partial charge < -0.3 is 29.6 Å². The molecule has 166 valence electrons. The largest absolute Gasteiger partial charge is 0.490 e. The molecule has 2 rings (SSSR count). The Labute approximate surface area is 187 Å². The lowest BCUT2D eigenvalue weighted by Crippen LogP contribution is -2.50. The second-order valence-corrected chi connectivity index (χ2v) is 6.33. The highest BCUT2D eigenvalue weighted by atomic mass is 127. The van der Waals surface area contributed by atoms with Crippen molar-refractivity contribution in [1.82, 2.24) is 10.6 Å². The van der Waals surface area contributed by atoms with Crippen LogP contribution in [0.4, 0.5) is 8.78 Å². The van der Waals surface area contributed by atoms with Crippen LogP contribution in [-0.4, -0.2) is 58.7 Å². The maximum absolute atomic E-state index is 12.8. The van der Waals surface area contributed by atoms with Crippen LogP contribution < -0.4 is 20.1 Å². The molecule has 1 aliphatic heterocycles. The predicted octanol–water partition coefficient (Wildman–Crippen LogP) is 3.17. The van der Waals surface area contributed by atoms with Crippen molar-refractivity contribution < 1.29 is 27.7 Å². The predicted molar refractivity (Wildman–Crippen MR) is 118 cm³/mol. The number of ether oxygens (including phenoxy) is 4. The number of methoxy groups -OCH3 is 1. The fourth-order valence-corrected chi connectivity index (χ4v) is 3.03. The number of hydrogen-bond acceptors (Lipinski definition) is 5. The Bertz CT molecular complexity index is 644. The summed E-state index contributed by atoms with van der Waals surface area (Å²) in [7, 11) is 3.34. The van der Waals surface area contributed by atoms with Crippen LogP contribution in [0.25, 0.3) is 0 Å². The monoisotopic (exact) mass is 529 g/mol. The van der Waals surface area contributed by atoms with Crippen molar-refractivity contribution in [2.45, 2.75) is 38.5 Å². The van der Waals surface area contributed by atoms with Gasteiger partial charge in [-0.05, 0) is 13.0 Å². The van der Waals surface area contributed by atoms with E-state index in [-0.39, 0.29) is 47.6 Å². The van der Waals surface area contributed by atoms with Gasteiger partial charge in [0.1, 0.15) is 0 Å². The smallest absolute Gasteiger partial charge is 0.387 e. The summed E-state index contributed by atoms with van der Waals surface area (Å²) < 4.78 is 46.9. The summed E-state index contributed by atoms with van der Waals surface area (Å²) in [6, 6.07) is 5.04. The molecule has 0 spiro atoms. The van der Waals surface area contributed by atoms with E-state index in [0.717, 1.165) is 12.8 Å². The number of hydrogen-bond donors (Lipinski definition) is 2. The molecule has 1 heterocycles. The Kier molecular flexibility index (Phi) is 11.5. The van der Waals surface area contributed by atoms with E-state index in [9.17, 15) is 8.78 Å². The van der Waals surface area contributed by atoms with Crippen LogP contribution in [-0.2, 0) is 16.0 Å². The number of alkyl halides is 2. The van der Waals surface area contributed by atoms with Crippen molar-refractivity contribution in [3.63, 3.8) is 0 Å². The number of rotatable bonds is 9. The molecule has 2 N–H and O–H groups in total. The molecule has 7 nitrogen and oxygen atoms in total. The molecule has 0 aliphatic carbocycles. The van der Waals surface area contributed by atoms with Gasteiger partial charge in [-0.2, -0.15) is 8.78 Å². The quantitative estimate of drug-likeness (QED) is 0.291. The zero-order valence-electron chi connectivity index (χ0n) is 17.0. The summed E-state index contributed by atoms with van der Waals surface area (Å²) in [5.41, 5.74) is 0.232. The van der Waals surface area contributed by atoms with Crippen molar-refractivity contribution in [3.8, 4) is 11.5 Å². The number of guanidine groups is 1.